The van der Waals surface area contributed by atoms with E-state index in [1.165, 1.54) is 11.8 Å². The third-order valence-corrected chi connectivity index (χ3v) is 9.57. The number of likely N-dealkylation sites (tertiary alicyclic amines) is 1. The molecule has 0 saturated carbocycles. The zero-order chi connectivity index (χ0) is 21.5. The fraction of sp³-hybridized carbons (Fsp3) is 0.750. The number of carbonyl (C=O) groups is 3. The molecular formula is C20H29BrN2O5S. The van der Waals surface area contributed by atoms with E-state index in [9.17, 15) is 19.5 Å². The fourth-order valence-corrected chi connectivity index (χ4v) is 8.78. The van der Waals surface area contributed by atoms with Gasteiger partial charge in [-0.3, -0.25) is 14.4 Å². The number of halogens is 1. The number of aliphatic hydroxyl groups excluding tert-OH is 1. The van der Waals surface area contributed by atoms with Gasteiger partial charge >= 0.3 is 5.97 Å². The molecule has 3 saturated heterocycles. The molecule has 7 nitrogen and oxygen atoms in total. The Hall–Kier alpha value is -1.06. The smallest absolute Gasteiger partial charge is 0.308 e. The molecule has 6 atom stereocenters. The van der Waals surface area contributed by atoms with Crippen LogP contribution >= 0.6 is 27.7 Å². The van der Waals surface area contributed by atoms with Gasteiger partial charge in [-0.05, 0) is 33.1 Å². The van der Waals surface area contributed by atoms with Crippen molar-refractivity contribution in [2.75, 3.05) is 19.7 Å². The number of hydrogen-bond acceptors (Lipinski definition) is 5. The Morgan fingerprint density at radius 2 is 2.14 bits per heavy atom. The monoisotopic (exact) mass is 488 g/mol. The highest BCUT2D eigenvalue weighted by Crippen LogP contribution is 2.67. The summed E-state index contributed by atoms with van der Waals surface area (Å²) in [7, 11) is 0. The first kappa shape index (κ1) is 22.6. The van der Waals surface area contributed by atoms with Gasteiger partial charge in [0.15, 0.2) is 0 Å². The Bertz CT molecular complexity index is 704. The highest BCUT2D eigenvalue weighted by Gasteiger charge is 2.75. The topological polar surface area (TPSA) is 98.2 Å². The predicted molar refractivity (Wildman–Crippen MR) is 115 cm³/mol. The van der Waals surface area contributed by atoms with E-state index in [1.54, 1.807) is 15.9 Å². The number of amides is 2. The summed E-state index contributed by atoms with van der Waals surface area (Å²) in [5, 5.41) is 18.8. The third kappa shape index (κ3) is 3.53. The van der Waals surface area contributed by atoms with Crippen molar-refractivity contribution < 1.29 is 24.6 Å². The average molecular weight is 489 g/mol. The van der Waals surface area contributed by atoms with Crippen molar-refractivity contribution in [1.29, 1.82) is 0 Å². The van der Waals surface area contributed by atoms with Gasteiger partial charge in [-0.15, -0.1) is 18.3 Å². The van der Waals surface area contributed by atoms with Crippen molar-refractivity contribution in [2.24, 2.45) is 11.8 Å². The maximum Gasteiger partial charge on any atom is 0.308 e. The molecule has 3 heterocycles. The molecule has 2 bridgehead atoms. The van der Waals surface area contributed by atoms with Crippen molar-refractivity contribution >= 4 is 45.5 Å². The molecule has 3 aliphatic rings. The highest BCUT2D eigenvalue weighted by atomic mass is 79.9. The lowest BCUT2D eigenvalue weighted by Gasteiger charge is -2.39. The number of alkyl halides is 1. The van der Waals surface area contributed by atoms with Crippen LogP contribution in [0, 0.1) is 11.8 Å². The lowest BCUT2D eigenvalue weighted by molar-refractivity contribution is -0.148. The number of unbranched alkanes of at least 4 members (excludes halogenated alkanes) is 1. The summed E-state index contributed by atoms with van der Waals surface area (Å²) in [6, 6.07) is -0.760. The molecule has 3 aliphatic heterocycles. The summed E-state index contributed by atoms with van der Waals surface area (Å²) < 4.78 is -0.733. The minimum atomic E-state index is -0.970. The highest BCUT2D eigenvalue weighted by molar-refractivity contribution is 9.09. The second kappa shape index (κ2) is 8.59. The van der Waals surface area contributed by atoms with Gasteiger partial charge in [0.1, 0.15) is 6.04 Å². The summed E-state index contributed by atoms with van der Waals surface area (Å²) in [6.45, 7) is 8.34. The number of carboxylic acids is 1. The van der Waals surface area contributed by atoms with E-state index in [4.69, 9.17) is 5.11 Å². The second-order valence-electron chi connectivity index (χ2n) is 8.34. The molecule has 3 unspecified atom stereocenters. The number of carbonyl (C=O) groups excluding carboxylic acids is 2. The Labute approximate surface area is 184 Å². The zero-order valence-corrected chi connectivity index (χ0v) is 19.2. The molecule has 0 aromatic heterocycles. The van der Waals surface area contributed by atoms with Crippen LogP contribution in [0.4, 0.5) is 0 Å². The molecule has 0 aromatic carbocycles. The van der Waals surface area contributed by atoms with E-state index in [0.29, 0.717) is 32.4 Å². The van der Waals surface area contributed by atoms with Gasteiger partial charge < -0.3 is 20.0 Å². The number of aliphatic carboxylic acids is 1. The van der Waals surface area contributed by atoms with Crippen molar-refractivity contribution in [1.82, 2.24) is 9.80 Å². The quantitative estimate of drug-likeness (QED) is 0.291. The molecule has 2 N–H and O–H groups in total. The molecular weight excluding hydrogens is 460 g/mol. The van der Waals surface area contributed by atoms with Crippen LogP contribution in [0.1, 0.15) is 33.1 Å². The van der Waals surface area contributed by atoms with Crippen LogP contribution in [0.15, 0.2) is 12.7 Å². The van der Waals surface area contributed by atoms with Crippen LogP contribution in [0.3, 0.4) is 0 Å². The van der Waals surface area contributed by atoms with Crippen LogP contribution in [-0.4, -0.2) is 84.4 Å². The second-order valence-corrected chi connectivity index (χ2v) is 11.1. The molecule has 2 amide bonds. The third-order valence-electron chi connectivity index (χ3n) is 6.35. The summed E-state index contributed by atoms with van der Waals surface area (Å²) in [5.41, 5.74) is 0. The Morgan fingerprint density at radius 1 is 1.45 bits per heavy atom. The van der Waals surface area contributed by atoms with E-state index in [1.807, 2.05) is 13.8 Å². The predicted octanol–water partition coefficient (Wildman–Crippen LogP) is 1.73. The first-order valence-corrected chi connectivity index (χ1v) is 11.9. The van der Waals surface area contributed by atoms with Crippen LogP contribution in [-0.2, 0) is 14.4 Å². The molecule has 3 fully saturated rings. The number of thioether (sulfide) groups is 1. The summed E-state index contributed by atoms with van der Waals surface area (Å²) >= 11 is 5.14. The van der Waals surface area contributed by atoms with Gasteiger partial charge in [-0.2, -0.15) is 0 Å². The molecule has 9 heteroatoms. The van der Waals surface area contributed by atoms with Crippen molar-refractivity contribution in [3.05, 3.63) is 12.7 Å². The largest absolute Gasteiger partial charge is 0.481 e. The van der Waals surface area contributed by atoms with Crippen LogP contribution in [0.25, 0.3) is 0 Å². The summed E-state index contributed by atoms with van der Waals surface area (Å²) in [6.07, 6.45) is 3.37. The molecule has 0 radical (unpaired) electrons. The summed E-state index contributed by atoms with van der Waals surface area (Å²) in [4.78, 5) is 42.5. The van der Waals surface area contributed by atoms with E-state index in [2.05, 4.69) is 22.5 Å². The lowest BCUT2D eigenvalue weighted by Crippen LogP contribution is -2.56. The zero-order valence-electron chi connectivity index (χ0n) is 16.8. The van der Waals surface area contributed by atoms with Crippen molar-refractivity contribution in [3.8, 4) is 0 Å². The number of fused-ring (bicyclic) bond motifs is 1. The Balaban J connectivity index is 2.04. The minimum absolute atomic E-state index is 0.0157. The standard InChI is InChI=1S/C20H29BrN2O5S/c1-4-7-22(11(2)3)18(26)16-20-10-12(21)15(29-20)13(19(27)28)14(20)17(25)23(16)8-5-6-9-24/h4,11-16,24H,1,5-10H2,2-3H3,(H,27,28)/t12?,13-,14+,15-,16?,20?/m1/s1. The van der Waals surface area contributed by atoms with E-state index >= 15 is 0 Å². The molecule has 29 heavy (non-hydrogen) atoms. The summed E-state index contributed by atoms with van der Waals surface area (Å²) in [5.74, 6) is -2.83. The van der Waals surface area contributed by atoms with Gasteiger partial charge in [0.25, 0.3) is 0 Å². The number of carboxylic acid groups (broad SMARTS) is 1. The number of nitrogens with zero attached hydrogens (tertiary/aromatic N) is 2. The number of aliphatic hydroxyl groups is 1. The number of rotatable bonds is 9. The van der Waals surface area contributed by atoms with Gasteiger partial charge in [0.2, 0.25) is 11.8 Å². The van der Waals surface area contributed by atoms with E-state index in [0.717, 1.165) is 0 Å². The van der Waals surface area contributed by atoms with E-state index in [-0.39, 0.29) is 34.5 Å². The van der Waals surface area contributed by atoms with Gasteiger partial charge in [-0.25, -0.2) is 0 Å². The van der Waals surface area contributed by atoms with Gasteiger partial charge in [0.05, 0.1) is 16.6 Å². The minimum Gasteiger partial charge on any atom is -0.481 e. The first-order valence-electron chi connectivity index (χ1n) is 10.1. The molecule has 1 spiro atoms. The van der Waals surface area contributed by atoms with Gasteiger partial charge in [0, 0.05) is 35.8 Å². The molecule has 0 aromatic rings. The molecule has 162 valence electrons. The Morgan fingerprint density at radius 3 is 2.69 bits per heavy atom. The number of hydrogen-bond donors (Lipinski definition) is 2. The maximum absolute atomic E-state index is 13.7. The molecule has 0 aliphatic carbocycles. The van der Waals surface area contributed by atoms with Gasteiger partial charge in [-0.1, -0.05) is 22.0 Å². The maximum atomic E-state index is 13.7. The van der Waals surface area contributed by atoms with E-state index < -0.39 is 28.6 Å². The van der Waals surface area contributed by atoms with Crippen LogP contribution in [0.2, 0.25) is 0 Å². The lowest BCUT2D eigenvalue weighted by atomic mass is 9.71. The molecule has 3 rings (SSSR count). The fourth-order valence-electron chi connectivity index (χ4n) is 5.18. The van der Waals surface area contributed by atoms with Crippen molar-refractivity contribution in [3.63, 3.8) is 0 Å². The Kier molecular flexibility index (Phi) is 6.70. The van der Waals surface area contributed by atoms with Crippen LogP contribution < -0.4 is 0 Å². The van der Waals surface area contributed by atoms with Crippen molar-refractivity contribution in [2.45, 2.75) is 60.0 Å². The normalized spacial score (nSPS) is 35.3. The average Bonchev–Trinajstić information content (AvgIpc) is 3.23. The van der Waals surface area contributed by atoms with Crippen LogP contribution in [0.5, 0.6) is 0 Å². The first-order chi connectivity index (χ1) is 13.7. The SMILES string of the molecule is C=CCN(C(=O)C1N(CCCCO)C(=O)[C@@H]2[C@@H](C(=O)O)[C@@H]3SC12CC3Br)C(C)C.